The molecule has 0 amide bonds. The van der Waals surface area contributed by atoms with E-state index in [1.54, 1.807) is 0 Å². The molecule has 0 aromatic heterocycles. The van der Waals surface area contributed by atoms with Crippen LogP contribution in [0.25, 0.3) is 0 Å². The number of benzene rings is 2. The maximum atomic E-state index is 5.71. The van der Waals surface area contributed by atoms with Crippen LogP contribution in [0.3, 0.4) is 0 Å². The summed E-state index contributed by atoms with van der Waals surface area (Å²) in [5.41, 5.74) is 3.62. The molecule has 3 rings (SSSR count). The summed E-state index contributed by atoms with van der Waals surface area (Å²) in [6.07, 6.45) is 11.9. The van der Waals surface area contributed by atoms with Crippen molar-refractivity contribution >= 4 is 0 Å². The van der Waals surface area contributed by atoms with Crippen molar-refractivity contribution < 1.29 is 4.74 Å². The summed E-state index contributed by atoms with van der Waals surface area (Å²) in [5, 5.41) is 0. The van der Waals surface area contributed by atoms with E-state index in [9.17, 15) is 0 Å². The maximum absolute atomic E-state index is 5.71. The number of hydrogen-bond acceptors (Lipinski definition) is 1. The third-order valence-corrected chi connectivity index (χ3v) is 6.17. The van der Waals surface area contributed by atoms with E-state index in [2.05, 4.69) is 50.0 Å². The lowest BCUT2D eigenvalue weighted by Crippen LogP contribution is -2.13. The molecule has 2 aromatic carbocycles. The van der Waals surface area contributed by atoms with Gasteiger partial charge in [0.1, 0.15) is 5.75 Å². The van der Waals surface area contributed by atoms with E-state index in [0.29, 0.717) is 0 Å². The van der Waals surface area contributed by atoms with Gasteiger partial charge in [0.2, 0.25) is 0 Å². The van der Waals surface area contributed by atoms with Crippen LogP contribution in [0.4, 0.5) is 0 Å². The monoisotopic (exact) mass is 388 g/mol. The summed E-state index contributed by atoms with van der Waals surface area (Å²) in [5.74, 6) is 9.22. The summed E-state index contributed by atoms with van der Waals surface area (Å²) in [7, 11) is 0. The van der Waals surface area contributed by atoms with Crippen LogP contribution in [-0.4, -0.2) is 6.61 Å². The van der Waals surface area contributed by atoms with Crippen LogP contribution in [0.5, 0.6) is 5.75 Å². The SMILES string of the molecule is CCCCOc1ccc(C#Cc2ccc(C3CCC(CCCC)CC3)cc2)cc1. The summed E-state index contributed by atoms with van der Waals surface area (Å²) in [6.45, 7) is 5.26. The Morgan fingerprint density at radius 2 is 1.34 bits per heavy atom. The van der Waals surface area contributed by atoms with Gasteiger partial charge in [0.25, 0.3) is 0 Å². The second-order valence-corrected chi connectivity index (χ2v) is 8.46. The van der Waals surface area contributed by atoms with Crippen molar-refractivity contribution in [2.24, 2.45) is 5.92 Å². The highest BCUT2D eigenvalue weighted by Crippen LogP contribution is 2.37. The van der Waals surface area contributed by atoms with Gasteiger partial charge in [0.15, 0.2) is 0 Å². The minimum atomic E-state index is 0.745. The van der Waals surface area contributed by atoms with E-state index in [0.717, 1.165) is 48.2 Å². The van der Waals surface area contributed by atoms with E-state index in [-0.39, 0.29) is 0 Å². The molecule has 154 valence electrons. The molecule has 1 heteroatoms. The molecule has 1 saturated carbocycles. The van der Waals surface area contributed by atoms with Gasteiger partial charge in [-0.15, -0.1) is 0 Å². The van der Waals surface area contributed by atoms with Crippen molar-refractivity contribution in [3.8, 4) is 17.6 Å². The van der Waals surface area contributed by atoms with Crippen LogP contribution in [0, 0.1) is 17.8 Å². The zero-order valence-corrected chi connectivity index (χ0v) is 18.3. The average molecular weight is 389 g/mol. The summed E-state index contributed by atoms with van der Waals surface area (Å²) < 4.78 is 5.71. The molecule has 29 heavy (non-hydrogen) atoms. The summed E-state index contributed by atoms with van der Waals surface area (Å²) in [6, 6.07) is 17.1. The third-order valence-electron chi connectivity index (χ3n) is 6.17. The molecule has 0 saturated heterocycles. The Hall–Kier alpha value is -2.20. The number of hydrogen-bond donors (Lipinski definition) is 0. The van der Waals surface area contributed by atoms with Crippen molar-refractivity contribution in [1.29, 1.82) is 0 Å². The van der Waals surface area contributed by atoms with Crippen molar-refractivity contribution in [2.45, 2.75) is 77.6 Å². The van der Waals surface area contributed by atoms with Gasteiger partial charge in [0.05, 0.1) is 6.61 Å². The molecule has 1 nitrogen and oxygen atoms in total. The molecule has 1 aliphatic rings. The molecular weight excluding hydrogens is 352 g/mol. The first-order valence-electron chi connectivity index (χ1n) is 11.6. The molecule has 0 spiro atoms. The van der Waals surface area contributed by atoms with Gasteiger partial charge in [-0.2, -0.15) is 0 Å². The first-order valence-corrected chi connectivity index (χ1v) is 11.6. The molecule has 1 aliphatic carbocycles. The van der Waals surface area contributed by atoms with E-state index in [4.69, 9.17) is 4.74 Å². The largest absolute Gasteiger partial charge is 0.494 e. The topological polar surface area (TPSA) is 9.23 Å². The van der Waals surface area contributed by atoms with Crippen LogP contribution in [-0.2, 0) is 0 Å². The fourth-order valence-electron chi connectivity index (χ4n) is 4.23. The highest BCUT2D eigenvalue weighted by atomic mass is 16.5. The molecule has 0 radical (unpaired) electrons. The molecule has 0 N–H and O–H groups in total. The van der Waals surface area contributed by atoms with Crippen molar-refractivity contribution in [1.82, 2.24) is 0 Å². The molecular formula is C28H36O. The van der Waals surface area contributed by atoms with Crippen LogP contribution >= 0.6 is 0 Å². The highest BCUT2D eigenvalue weighted by Gasteiger charge is 2.21. The number of rotatable bonds is 8. The Morgan fingerprint density at radius 3 is 1.93 bits per heavy atom. The van der Waals surface area contributed by atoms with Crippen LogP contribution in [0.2, 0.25) is 0 Å². The molecule has 0 heterocycles. The van der Waals surface area contributed by atoms with Crippen LogP contribution < -0.4 is 4.74 Å². The molecule has 2 aromatic rings. The predicted molar refractivity (Wildman–Crippen MR) is 123 cm³/mol. The Bertz CT molecular complexity index is 768. The van der Waals surface area contributed by atoms with Gasteiger partial charge < -0.3 is 4.74 Å². The maximum Gasteiger partial charge on any atom is 0.119 e. The van der Waals surface area contributed by atoms with Crippen LogP contribution in [0.1, 0.15) is 94.2 Å². The smallest absolute Gasteiger partial charge is 0.119 e. The molecule has 0 aliphatic heterocycles. The second kappa shape index (κ2) is 11.7. The predicted octanol–water partition coefficient (Wildman–Crippen LogP) is 7.73. The Morgan fingerprint density at radius 1 is 0.759 bits per heavy atom. The van der Waals surface area contributed by atoms with Crippen molar-refractivity contribution in [3.05, 3.63) is 65.2 Å². The molecule has 0 bridgehead atoms. The fraction of sp³-hybridized carbons (Fsp3) is 0.500. The standard InChI is InChI=1S/C28H36O/c1-3-5-7-23-10-16-26(17-11-23)27-18-12-24(13-19-27)8-9-25-14-20-28(21-15-25)29-22-6-4-2/h12-15,18-21,23,26H,3-7,10-11,16-17,22H2,1-2H3. The first kappa shape index (κ1) is 21.5. The average Bonchev–Trinajstić information content (AvgIpc) is 2.78. The lowest BCUT2D eigenvalue weighted by atomic mass is 9.77. The van der Waals surface area contributed by atoms with Gasteiger partial charge in [-0.3, -0.25) is 0 Å². The van der Waals surface area contributed by atoms with Gasteiger partial charge in [-0.1, -0.05) is 63.5 Å². The zero-order chi connectivity index (χ0) is 20.3. The van der Waals surface area contributed by atoms with E-state index in [1.165, 1.54) is 50.5 Å². The molecule has 0 unspecified atom stereocenters. The normalized spacial score (nSPS) is 18.7. The third kappa shape index (κ3) is 6.97. The zero-order valence-electron chi connectivity index (χ0n) is 18.3. The summed E-state index contributed by atoms with van der Waals surface area (Å²) in [4.78, 5) is 0. The van der Waals surface area contributed by atoms with Crippen LogP contribution in [0.15, 0.2) is 48.5 Å². The molecule has 0 atom stereocenters. The van der Waals surface area contributed by atoms with E-state index >= 15 is 0 Å². The lowest BCUT2D eigenvalue weighted by molar-refractivity contribution is 0.304. The Labute approximate surface area is 177 Å². The van der Waals surface area contributed by atoms with Crippen molar-refractivity contribution in [3.63, 3.8) is 0 Å². The van der Waals surface area contributed by atoms with Gasteiger partial charge in [-0.25, -0.2) is 0 Å². The first-order chi connectivity index (χ1) is 14.3. The minimum Gasteiger partial charge on any atom is -0.494 e. The van der Waals surface area contributed by atoms with Gasteiger partial charge in [0, 0.05) is 11.1 Å². The summed E-state index contributed by atoms with van der Waals surface area (Å²) >= 11 is 0. The lowest BCUT2D eigenvalue weighted by Gasteiger charge is -2.28. The van der Waals surface area contributed by atoms with Gasteiger partial charge in [-0.05, 0) is 85.9 Å². The quantitative estimate of drug-likeness (QED) is 0.332. The van der Waals surface area contributed by atoms with Crippen molar-refractivity contribution in [2.75, 3.05) is 6.61 Å². The molecule has 1 fully saturated rings. The fourth-order valence-corrected chi connectivity index (χ4v) is 4.23. The Balaban J connectivity index is 1.51. The highest BCUT2D eigenvalue weighted by molar-refractivity contribution is 5.45. The van der Waals surface area contributed by atoms with Gasteiger partial charge >= 0.3 is 0 Å². The Kier molecular flexibility index (Phi) is 8.69. The second-order valence-electron chi connectivity index (χ2n) is 8.46. The van der Waals surface area contributed by atoms with E-state index < -0.39 is 0 Å². The minimum absolute atomic E-state index is 0.745. The number of ether oxygens (including phenoxy) is 1. The number of unbranched alkanes of at least 4 members (excludes halogenated alkanes) is 2. The van der Waals surface area contributed by atoms with E-state index in [1.807, 2.05) is 24.3 Å².